The number of hydrogen-bond acceptors (Lipinski definition) is 4. The predicted molar refractivity (Wildman–Crippen MR) is 261 cm³/mol. The summed E-state index contributed by atoms with van der Waals surface area (Å²) in [6.07, 6.45) is 1.85. The number of fused-ring (bicyclic) bond motifs is 4. The van der Waals surface area contributed by atoms with Gasteiger partial charge in [-0.1, -0.05) is 133 Å². The first-order valence-corrected chi connectivity index (χ1v) is 21.6. The number of rotatable bonds is 11. The monoisotopic (exact) mass is 832 g/mol. The van der Waals surface area contributed by atoms with Crippen LogP contribution >= 0.6 is 11.6 Å². The minimum absolute atomic E-state index is 0.615. The molecule has 3 heterocycles. The molecule has 0 amide bonds. The number of benzene rings is 8. The van der Waals surface area contributed by atoms with E-state index in [1.807, 2.05) is 30.5 Å². The van der Waals surface area contributed by atoms with Gasteiger partial charge in [0.05, 0.1) is 38.5 Å². The van der Waals surface area contributed by atoms with E-state index in [9.17, 15) is 0 Å². The van der Waals surface area contributed by atoms with Crippen LogP contribution in [-0.2, 0) is 13.1 Å². The lowest BCUT2D eigenvalue weighted by Crippen LogP contribution is -2.20. The average molecular weight is 833 g/mol. The SMILES string of the molecule is Clc1c(N(Cc2ccccc2)c2ccc(-c3nc4ccccc4n3-c3ccccc3)cc2)cccc1N(Cc1ccccc1)c1ccc2c(c1)c1ccccc1n2-c1ccccn1. The molecule has 11 rings (SSSR count). The molecular formula is C56H41ClN6. The van der Waals surface area contributed by atoms with Crippen molar-refractivity contribution in [3.05, 3.63) is 241 Å². The van der Waals surface area contributed by atoms with Gasteiger partial charge >= 0.3 is 0 Å². The van der Waals surface area contributed by atoms with Crippen molar-refractivity contribution in [2.75, 3.05) is 9.80 Å². The Morgan fingerprint density at radius 1 is 0.444 bits per heavy atom. The molecule has 0 saturated carbocycles. The first-order valence-electron chi connectivity index (χ1n) is 21.2. The zero-order valence-electron chi connectivity index (χ0n) is 34.3. The molecule has 0 spiro atoms. The van der Waals surface area contributed by atoms with Gasteiger partial charge in [0.2, 0.25) is 0 Å². The summed E-state index contributed by atoms with van der Waals surface area (Å²) < 4.78 is 4.48. The van der Waals surface area contributed by atoms with E-state index in [0.29, 0.717) is 18.1 Å². The third-order valence-electron chi connectivity index (χ3n) is 11.8. The molecule has 0 fully saturated rings. The van der Waals surface area contributed by atoms with Crippen LogP contribution in [-0.4, -0.2) is 19.1 Å². The summed E-state index contributed by atoms with van der Waals surface area (Å²) in [5.41, 5.74) is 12.5. The zero-order chi connectivity index (χ0) is 42.1. The van der Waals surface area contributed by atoms with E-state index in [0.717, 1.165) is 78.5 Å². The summed E-state index contributed by atoms with van der Waals surface area (Å²) in [5.74, 6) is 1.77. The van der Waals surface area contributed by atoms with Crippen molar-refractivity contribution < 1.29 is 0 Å². The molecule has 8 aromatic carbocycles. The van der Waals surface area contributed by atoms with Gasteiger partial charge in [0.25, 0.3) is 0 Å². The van der Waals surface area contributed by atoms with Crippen molar-refractivity contribution in [3.8, 4) is 22.9 Å². The fourth-order valence-electron chi connectivity index (χ4n) is 8.80. The number of hydrogen-bond donors (Lipinski definition) is 0. The Balaban J connectivity index is 1.03. The minimum atomic E-state index is 0.615. The Morgan fingerprint density at radius 3 is 1.70 bits per heavy atom. The van der Waals surface area contributed by atoms with E-state index >= 15 is 0 Å². The predicted octanol–water partition coefficient (Wildman–Crippen LogP) is 14.5. The molecule has 302 valence electrons. The molecule has 0 bridgehead atoms. The van der Waals surface area contributed by atoms with Crippen molar-refractivity contribution in [1.29, 1.82) is 0 Å². The van der Waals surface area contributed by atoms with Crippen molar-refractivity contribution in [3.63, 3.8) is 0 Å². The molecule has 63 heavy (non-hydrogen) atoms. The van der Waals surface area contributed by atoms with E-state index in [4.69, 9.17) is 21.6 Å². The van der Waals surface area contributed by atoms with Gasteiger partial charge < -0.3 is 9.80 Å². The summed E-state index contributed by atoms with van der Waals surface area (Å²) in [4.78, 5) is 14.5. The van der Waals surface area contributed by atoms with Crippen molar-refractivity contribution in [1.82, 2.24) is 19.1 Å². The Hall–Kier alpha value is -7.93. The van der Waals surface area contributed by atoms with Crippen LogP contribution in [0.4, 0.5) is 22.7 Å². The van der Waals surface area contributed by atoms with Gasteiger partial charge in [-0.15, -0.1) is 0 Å². The minimum Gasteiger partial charge on any atom is -0.336 e. The lowest BCUT2D eigenvalue weighted by Gasteiger charge is -2.31. The molecule has 0 saturated heterocycles. The fourth-order valence-corrected chi connectivity index (χ4v) is 9.13. The lowest BCUT2D eigenvalue weighted by molar-refractivity contribution is 0.959. The largest absolute Gasteiger partial charge is 0.336 e. The van der Waals surface area contributed by atoms with Gasteiger partial charge in [-0.25, -0.2) is 9.97 Å². The average Bonchev–Trinajstić information content (AvgIpc) is 3.90. The van der Waals surface area contributed by atoms with Gasteiger partial charge in [0.15, 0.2) is 0 Å². The maximum atomic E-state index is 7.78. The van der Waals surface area contributed by atoms with E-state index in [1.54, 1.807) is 0 Å². The summed E-state index contributed by atoms with van der Waals surface area (Å²) in [5, 5.41) is 2.97. The maximum absolute atomic E-state index is 7.78. The molecule has 0 radical (unpaired) electrons. The molecule has 0 aliphatic rings. The Kier molecular flexibility index (Phi) is 9.96. The molecular weight excluding hydrogens is 792 g/mol. The van der Waals surface area contributed by atoms with Crippen molar-refractivity contribution in [2.24, 2.45) is 0 Å². The van der Waals surface area contributed by atoms with Crippen molar-refractivity contribution in [2.45, 2.75) is 13.1 Å². The topological polar surface area (TPSA) is 42.1 Å². The summed E-state index contributed by atoms with van der Waals surface area (Å²) >= 11 is 7.78. The Bertz CT molecular complexity index is 3350. The molecule has 0 N–H and O–H groups in total. The highest BCUT2D eigenvalue weighted by Gasteiger charge is 2.23. The van der Waals surface area contributed by atoms with Gasteiger partial charge in [0, 0.05) is 52.7 Å². The molecule has 6 nitrogen and oxygen atoms in total. The third kappa shape index (κ3) is 7.16. The molecule has 11 aromatic rings. The van der Waals surface area contributed by atoms with Crippen LogP contribution in [0, 0.1) is 0 Å². The fraction of sp³-hybridized carbons (Fsp3) is 0.0357. The van der Waals surface area contributed by atoms with Gasteiger partial charge in [-0.3, -0.25) is 9.13 Å². The van der Waals surface area contributed by atoms with E-state index in [-0.39, 0.29) is 0 Å². The number of pyridine rings is 1. The third-order valence-corrected chi connectivity index (χ3v) is 12.2. The van der Waals surface area contributed by atoms with E-state index in [2.05, 4.69) is 213 Å². The van der Waals surface area contributed by atoms with Crippen LogP contribution in [0.1, 0.15) is 11.1 Å². The van der Waals surface area contributed by atoms with E-state index < -0.39 is 0 Å². The van der Waals surface area contributed by atoms with Crippen LogP contribution in [0.25, 0.3) is 55.7 Å². The first-order chi connectivity index (χ1) is 31.2. The smallest absolute Gasteiger partial charge is 0.145 e. The van der Waals surface area contributed by atoms with Gasteiger partial charge in [-0.05, 0) is 108 Å². The lowest BCUT2D eigenvalue weighted by atomic mass is 10.1. The van der Waals surface area contributed by atoms with Crippen molar-refractivity contribution >= 4 is 67.2 Å². The number of para-hydroxylation sites is 4. The quantitative estimate of drug-likeness (QED) is 0.130. The molecule has 0 aliphatic heterocycles. The molecule has 7 heteroatoms. The summed E-state index contributed by atoms with van der Waals surface area (Å²) in [6.45, 7) is 1.23. The second kappa shape index (κ2) is 16.5. The number of nitrogens with zero attached hydrogens (tertiary/aromatic N) is 6. The molecule has 0 unspecified atom stereocenters. The number of imidazole rings is 1. The molecule has 3 aromatic heterocycles. The highest BCUT2D eigenvalue weighted by Crippen LogP contribution is 2.44. The van der Waals surface area contributed by atoms with Crippen LogP contribution in [0.5, 0.6) is 0 Å². The normalized spacial score (nSPS) is 11.4. The standard InChI is InChI=1S/C56H41ClN6/c57-55-52(60(38-40-17-4-1-5-18-40)43-32-30-42(31-33-43)56-59-48-24-11-13-26-51(48)62(56)44-21-8-3-9-22-44)27-16-28-53(55)61(39-41-19-6-2-7-20-41)45-34-35-50-47(37-45)46-23-10-12-25-49(46)63(50)54-29-14-15-36-58-54/h1-37H,38-39H2. The van der Waals surface area contributed by atoms with Gasteiger partial charge in [0.1, 0.15) is 11.6 Å². The number of anilines is 4. The Morgan fingerprint density at radius 2 is 1.02 bits per heavy atom. The summed E-state index contributed by atoms with van der Waals surface area (Å²) in [6, 6.07) is 76.3. The second-order valence-electron chi connectivity index (χ2n) is 15.6. The van der Waals surface area contributed by atoms with Crippen LogP contribution in [0.2, 0.25) is 5.02 Å². The summed E-state index contributed by atoms with van der Waals surface area (Å²) in [7, 11) is 0. The number of aromatic nitrogens is 4. The van der Waals surface area contributed by atoms with Crippen LogP contribution in [0.15, 0.2) is 225 Å². The highest BCUT2D eigenvalue weighted by molar-refractivity contribution is 6.36. The first kappa shape index (κ1) is 38.0. The van der Waals surface area contributed by atoms with E-state index in [1.165, 1.54) is 11.1 Å². The second-order valence-corrected chi connectivity index (χ2v) is 16.0. The van der Waals surface area contributed by atoms with Crippen LogP contribution < -0.4 is 9.80 Å². The van der Waals surface area contributed by atoms with Gasteiger partial charge in [-0.2, -0.15) is 0 Å². The highest BCUT2D eigenvalue weighted by atomic mass is 35.5. The zero-order valence-corrected chi connectivity index (χ0v) is 35.1. The maximum Gasteiger partial charge on any atom is 0.145 e. The Labute approximate surface area is 371 Å². The van der Waals surface area contributed by atoms with Crippen LogP contribution in [0.3, 0.4) is 0 Å². The number of halogens is 1. The molecule has 0 aliphatic carbocycles. The molecule has 0 atom stereocenters.